The van der Waals surface area contributed by atoms with Gasteiger partial charge in [-0.1, -0.05) is 17.7 Å². The highest BCUT2D eigenvalue weighted by Gasteiger charge is 2.40. The molecule has 3 nitrogen and oxygen atoms in total. The van der Waals surface area contributed by atoms with Gasteiger partial charge in [-0.05, 0) is 19.4 Å². The summed E-state index contributed by atoms with van der Waals surface area (Å²) in [6.45, 7) is 2.39. The van der Waals surface area contributed by atoms with Crippen molar-refractivity contribution in [3.8, 4) is 0 Å². The van der Waals surface area contributed by atoms with Gasteiger partial charge in [0.1, 0.15) is 10.8 Å². The lowest BCUT2D eigenvalue weighted by Crippen LogP contribution is -2.33. The van der Waals surface area contributed by atoms with E-state index in [9.17, 15) is 18.3 Å². The van der Waals surface area contributed by atoms with Crippen LogP contribution in [0.3, 0.4) is 0 Å². The van der Waals surface area contributed by atoms with Gasteiger partial charge in [0.2, 0.25) is 0 Å². The molecule has 7 heteroatoms. The number of hydrogen-bond donors (Lipinski definition) is 1. The predicted octanol–water partition coefficient (Wildman–Crippen LogP) is 3.00. The number of halogens is 4. The van der Waals surface area contributed by atoms with Crippen LogP contribution in [-0.4, -0.2) is 23.3 Å². The van der Waals surface area contributed by atoms with E-state index in [4.69, 9.17) is 16.3 Å². The molecule has 2 rings (SSSR count). The van der Waals surface area contributed by atoms with Crippen LogP contribution in [0.25, 0.3) is 0 Å². The summed E-state index contributed by atoms with van der Waals surface area (Å²) in [5, 5.41) is 10.1. The van der Waals surface area contributed by atoms with Crippen LogP contribution in [0, 0.1) is 5.92 Å². The molecule has 1 N–H and O–H groups in total. The van der Waals surface area contributed by atoms with Crippen LogP contribution in [0.2, 0.25) is 5.15 Å². The lowest BCUT2D eigenvalue weighted by atomic mass is 9.83. The lowest BCUT2D eigenvalue weighted by Gasteiger charge is -2.30. The number of rotatable bonds is 2. The summed E-state index contributed by atoms with van der Waals surface area (Å²) in [6.07, 6.45) is -3.92. The van der Waals surface area contributed by atoms with Crippen molar-refractivity contribution in [2.75, 3.05) is 13.2 Å². The second kappa shape index (κ2) is 4.92. The second-order valence-corrected chi connectivity index (χ2v) is 5.10. The van der Waals surface area contributed by atoms with Crippen molar-refractivity contribution in [3.05, 3.63) is 28.5 Å². The number of pyridine rings is 1. The number of alkyl halides is 3. The highest BCUT2D eigenvalue weighted by molar-refractivity contribution is 6.30. The number of nitrogens with zero attached hydrogens (tertiary/aromatic N) is 1. The molecule has 0 amide bonds. The molecule has 0 spiro atoms. The SMILES string of the molecule is CC(O)(c1ccc(C(F)(F)F)nc1Cl)C1CCOC1. The summed E-state index contributed by atoms with van der Waals surface area (Å²) in [5.74, 6) is -0.205. The van der Waals surface area contributed by atoms with Crippen LogP contribution in [0.15, 0.2) is 12.1 Å². The fourth-order valence-corrected chi connectivity index (χ4v) is 2.51. The van der Waals surface area contributed by atoms with Gasteiger partial charge in [-0.15, -0.1) is 0 Å². The van der Waals surface area contributed by atoms with Crippen LogP contribution in [0.5, 0.6) is 0 Å². The first-order valence-electron chi connectivity index (χ1n) is 5.77. The molecule has 0 aromatic carbocycles. The highest BCUT2D eigenvalue weighted by Crippen LogP contribution is 2.39. The van der Waals surface area contributed by atoms with Gasteiger partial charge in [0.05, 0.1) is 12.2 Å². The zero-order valence-corrected chi connectivity index (χ0v) is 10.9. The molecule has 2 heterocycles. The van der Waals surface area contributed by atoms with Crippen molar-refractivity contribution in [2.45, 2.75) is 25.1 Å². The van der Waals surface area contributed by atoms with Crippen LogP contribution in [-0.2, 0) is 16.5 Å². The molecule has 0 bridgehead atoms. The Morgan fingerprint density at radius 3 is 2.58 bits per heavy atom. The Kier molecular flexibility index (Phi) is 3.77. The molecule has 1 aliphatic rings. The number of aromatic nitrogens is 1. The molecule has 1 saturated heterocycles. The van der Waals surface area contributed by atoms with Crippen LogP contribution in [0.1, 0.15) is 24.6 Å². The summed E-state index contributed by atoms with van der Waals surface area (Å²) in [6, 6.07) is 2.00. The first-order valence-corrected chi connectivity index (χ1v) is 6.15. The Bertz CT molecular complexity index is 471. The van der Waals surface area contributed by atoms with Crippen molar-refractivity contribution in [2.24, 2.45) is 5.92 Å². The number of hydrogen-bond acceptors (Lipinski definition) is 3. The minimum Gasteiger partial charge on any atom is -0.385 e. The van der Waals surface area contributed by atoms with Crippen molar-refractivity contribution >= 4 is 11.6 Å². The standard InChI is InChI=1S/C12H13ClF3NO2/c1-11(18,7-4-5-19-6-7)8-2-3-9(12(14,15)16)17-10(8)13/h2-3,7,18H,4-6H2,1H3. The first-order chi connectivity index (χ1) is 8.73. The fourth-order valence-electron chi connectivity index (χ4n) is 2.17. The molecule has 1 fully saturated rings. The van der Waals surface area contributed by atoms with Gasteiger partial charge in [-0.25, -0.2) is 4.98 Å². The van der Waals surface area contributed by atoms with Gasteiger partial charge in [-0.2, -0.15) is 13.2 Å². The second-order valence-electron chi connectivity index (χ2n) is 4.74. The molecule has 0 saturated carbocycles. The third-order valence-electron chi connectivity index (χ3n) is 3.41. The maximum absolute atomic E-state index is 12.5. The van der Waals surface area contributed by atoms with Crippen LogP contribution >= 0.6 is 11.6 Å². The van der Waals surface area contributed by atoms with E-state index in [1.165, 1.54) is 13.0 Å². The molecular weight excluding hydrogens is 283 g/mol. The molecule has 1 aromatic rings. The number of ether oxygens (including phenoxy) is 1. The average Bonchev–Trinajstić information content (AvgIpc) is 2.81. The van der Waals surface area contributed by atoms with Crippen molar-refractivity contribution < 1.29 is 23.0 Å². The Morgan fingerprint density at radius 2 is 2.11 bits per heavy atom. The molecule has 2 unspecified atom stereocenters. The van der Waals surface area contributed by atoms with E-state index < -0.39 is 17.5 Å². The third-order valence-corrected chi connectivity index (χ3v) is 3.70. The van der Waals surface area contributed by atoms with Crippen molar-refractivity contribution in [3.63, 3.8) is 0 Å². The maximum Gasteiger partial charge on any atom is 0.433 e. The van der Waals surface area contributed by atoms with Gasteiger partial charge in [0.25, 0.3) is 0 Å². The van der Waals surface area contributed by atoms with Gasteiger partial charge in [0, 0.05) is 18.1 Å². The van der Waals surface area contributed by atoms with Gasteiger partial charge >= 0.3 is 6.18 Å². The zero-order valence-electron chi connectivity index (χ0n) is 10.2. The monoisotopic (exact) mass is 295 g/mol. The van der Waals surface area contributed by atoms with Crippen molar-refractivity contribution in [1.29, 1.82) is 0 Å². The molecule has 19 heavy (non-hydrogen) atoms. The maximum atomic E-state index is 12.5. The van der Waals surface area contributed by atoms with E-state index in [0.717, 1.165) is 6.07 Å². The molecule has 106 valence electrons. The molecule has 1 aliphatic heterocycles. The lowest BCUT2D eigenvalue weighted by molar-refractivity contribution is -0.141. The Hall–Kier alpha value is -0.850. The van der Waals surface area contributed by atoms with E-state index >= 15 is 0 Å². The molecule has 1 aromatic heterocycles. The fraction of sp³-hybridized carbons (Fsp3) is 0.583. The van der Waals surface area contributed by atoms with E-state index in [1.807, 2.05) is 0 Å². The number of aliphatic hydroxyl groups is 1. The molecule has 2 atom stereocenters. The first kappa shape index (κ1) is 14.6. The molecular formula is C12H13ClF3NO2. The topological polar surface area (TPSA) is 42.4 Å². The van der Waals surface area contributed by atoms with E-state index in [-0.39, 0.29) is 16.6 Å². The van der Waals surface area contributed by atoms with Gasteiger partial charge < -0.3 is 9.84 Å². The predicted molar refractivity (Wildman–Crippen MR) is 62.7 cm³/mol. The van der Waals surface area contributed by atoms with Crippen LogP contribution < -0.4 is 0 Å². The van der Waals surface area contributed by atoms with Crippen LogP contribution in [0.4, 0.5) is 13.2 Å². The summed E-state index contributed by atoms with van der Waals surface area (Å²) in [4.78, 5) is 3.32. The van der Waals surface area contributed by atoms with Crippen molar-refractivity contribution in [1.82, 2.24) is 4.98 Å². The quantitative estimate of drug-likeness (QED) is 0.853. The minimum absolute atomic E-state index is 0.192. The summed E-state index contributed by atoms with van der Waals surface area (Å²) < 4.78 is 42.7. The largest absolute Gasteiger partial charge is 0.433 e. The Morgan fingerprint density at radius 1 is 1.42 bits per heavy atom. The van der Waals surface area contributed by atoms with Gasteiger partial charge in [0.15, 0.2) is 0 Å². The Labute approximate surface area is 113 Å². The highest BCUT2D eigenvalue weighted by atomic mass is 35.5. The molecule has 0 radical (unpaired) electrons. The smallest absolute Gasteiger partial charge is 0.385 e. The van der Waals surface area contributed by atoms with E-state index in [1.54, 1.807) is 0 Å². The molecule has 0 aliphatic carbocycles. The summed E-state index contributed by atoms with van der Waals surface area (Å²) >= 11 is 5.79. The average molecular weight is 296 g/mol. The van der Waals surface area contributed by atoms with Gasteiger partial charge in [-0.3, -0.25) is 0 Å². The van der Waals surface area contributed by atoms with E-state index in [0.29, 0.717) is 19.6 Å². The zero-order chi connectivity index (χ0) is 14.3. The minimum atomic E-state index is -4.55. The summed E-state index contributed by atoms with van der Waals surface area (Å²) in [5.41, 5.74) is -2.23. The van der Waals surface area contributed by atoms with E-state index in [2.05, 4.69) is 4.98 Å². The normalized spacial score (nSPS) is 23.4. The summed E-state index contributed by atoms with van der Waals surface area (Å²) in [7, 11) is 0. The Balaban J connectivity index is 2.35. The third kappa shape index (κ3) is 2.85.